The Morgan fingerprint density at radius 3 is 3.00 bits per heavy atom. The van der Waals surface area contributed by atoms with Gasteiger partial charge in [-0.2, -0.15) is 0 Å². The first-order valence-electron chi connectivity index (χ1n) is 7.16. The van der Waals surface area contributed by atoms with Crippen molar-refractivity contribution in [3.05, 3.63) is 29.4 Å². The number of fused-ring (bicyclic) bond motifs is 4. The van der Waals surface area contributed by atoms with Crippen LogP contribution in [0.4, 0.5) is 0 Å². The van der Waals surface area contributed by atoms with Gasteiger partial charge in [0.05, 0.1) is 0 Å². The Balaban J connectivity index is 1.52. The highest BCUT2D eigenvalue weighted by atomic mass is 32.1. The van der Waals surface area contributed by atoms with Crippen molar-refractivity contribution in [1.82, 2.24) is 15.2 Å². The summed E-state index contributed by atoms with van der Waals surface area (Å²) in [5.74, 6) is 0.619. The molecule has 4 nitrogen and oxygen atoms in total. The van der Waals surface area contributed by atoms with Gasteiger partial charge in [-0.05, 0) is 49.4 Å². The van der Waals surface area contributed by atoms with E-state index in [0.29, 0.717) is 17.7 Å². The van der Waals surface area contributed by atoms with Gasteiger partial charge in [-0.15, -0.1) is 11.3 Å². The molecule has 20 heavy (non-hydrogen) atoms. The van der Waals surface area contributed by atoms with Crippen molar-refractivity contribution < 1.29 is 4.79 Å². The van der Waals surface area contributed by atoms with Crippen molar-refractivity contribution in [2.75, 3.05) is 19.6 Å². The van der Waals surface area contributed by atoms with E-state index < -0.39 is 0 Å². The fraction of sp³-hybridized carbons (Fsp3) is 0.467. The first-order valence-corrected chi connectivity index (χ1v) is 8.04. The second kappa shape index (κ2) is 4.82. The number of hydrogen-bond acceptors (Lipinski definition) is 4. The van der Waals surface area contributed by atoms with Gasteiger partial charge in [0.25, 0.3) is 5.91 Å². The Morgan fingerprint density at radius 1 is 1.40 bits per heavy atom. The molecule has 0 unspecified atom stereocenters. The highest BCUT2D eigenvalue weighted by Gasteiger charge is 2.35. The van der Waals surface area contributed by atoms with Crippen LogP contribution in [-0.4, -0.2) is 41.5 Å². The van der Waals surface area contributed by atoms with Crippen molar-refractivity contribution in [3.63, 3.8) is 0 Å². The third-order valence-electron chi connectivity index (χ3n) is 4.54. The molecule has 0 radical (unpaired) electrons. The van der Waals surface area contributed by atoms with Crippen molar-refractivity contribution in [3.8, 4) is 0 Å². The minimum atomic E-state index is -0.0287. The Labute approximate surface area is 121 Å². The zero-order chi connectivity index (χ0) is 13.5. The summed E-state index contributed by atoms with van der Waals surface area (Å²) in [6.07, 6.45) is 4.21. The molecule has 0 saturated carbocycles. The summed E-state index contributed by atoms with van der Waals surface area (Å²) in [7, 11) is 0. The monoisotopic (exact) mass is 287 g/mol. The van der Waals surface area contributed by atoms with Crippen molar-refractivity contribution in [1.29, 1.82) is 0 Å². The number of rotatable bonds is 2. The second-order valence-electron chi connectivity index (χ2n) is 5.75. The van der Waals surface area contributed by atoms with E-state index >= 15 is 0 Å². The Bertz CT molecular complexity index is 645. The fourth-order valence-corrected chi connectivity index (χ4v) is 4.15. The summed E-state index contributed by atoms with van der Waals surface area (Å²) in [6.45, 7) is 3.38. The van der Waals surface area contributed by atoms with E-state index in [9.17, 15) is 4.79 Å². The first kappa shape index (κ1) is 12.3. The van der Waals surface area contributed by atoms with Gasteiger partial charge in [-0.3, -0.25) is 9.78 Å². The van der Waals surface area contributed by atoms with Crippen LogP contribution in [0.1, 0.15) is 23.3 Å². The van der Waals surface area contributed by atoms with E-state index in [-0.39, 0.29) is 5.91 Å². The number of amides is 1. The third-order valence-corrected chi connectivity index (χ3v) is 5.42. The highest BCUT2D eigenvalue weighted by molar-refractivity contribution is 7.17. The number of nitrogens with one attached hydrogen (secondary N) is 1. The summed E-state index contributed by atoms with van der Waals surface area (Å²) in [5, 5.41) is 6.32. The number of carbonyl (C=O) groups excluding carboxylic acids is 1. The molecule has 3 saturated heterocycles. The van der Waals surface area contributed by atoms with Gasteiger partial charge < -0.3 is 10.2 Å². The van der Waals surface area contributed by atoms with Crippen LogP contribution in [0.15, 0.2) is 23.7 Å². The van der Waals surface area contributed by atoms with Crippen LogP contribution >= 0.6 is 11.3 Å². The van der Waals surface area contributed by atoms with Crippen molar-refractivity contribution in [2.45, 2.75) is 18.9 Å². The van der Waals surface area contributed by atoms with E-state index in [0.717, 1.165) is 16.6 Å². The highest BCUT2D eigenvalue weighted by Crippen LogP contribution is 2.27. The average Bonchev–Trinajstić information content (AvgIpc) is 2.96. The van der Waals surface area contributed by atoms with Gasteiger partial charge in [-0.1, -0.05) is 0 Å². The molecule has 2 aromatic heterocycles. The molecule has 5 rings (SSSR count). The topological polar surface area (TPSA) is 45.2 Å². The SMILES string of the molecule is O=C(N[C@@H]1CN2CCC1CC2)c1cc2sccc2cn1. The molecular formula is C15H17N3OS. The van der Waals surface area contributed by atoms with E-state index in [1.807, 2.05) is 17.5 Å². The lowest BCUT2D eigenvalue weighted by Crippen LogP contribution is -2.57. The third kappa shape index (κ3) is 2.11. The molecule has 0 aromatic carbocycles. The zero-order valence-corrected chi connectivity index (χ0v) is 12.0. The lowest BCUT2D eigenvalue weighted by Gasteiger charge is -2.44. The van der Waals surface area contributed by atoms with Gasteiger partial charge in [-0.25, -0.2) is 0 Å². The maximum atomic E-state index is 12.4. The summed E-state index contributed by atoms with van der Waals surface area (Å²) in [4.78, 5) is 19.1. The Hall–Kier alpha value is -1.46. The molecule has 5 heteroatoms. The van der Waals surface area contributed by atoms with Gasteiger partial charge in [0.2, 0.25) is 0 Å². The molecule has 1 N–H and O–H groups in total. The molecule has 1 amide bonds. The van der Waals surface area contributed by atoms with Crippen LogP contribution in [0, 0.1) is 5.92 Å². The van der Waals surface area contributed by atoms with Gasteiger partial charge in [0, 0.05) is 28.9 Å². The van der Waals surface area contributed by atoms with Crippen LogP contribution in [0.2, 0.25) is 0 Å². The van der Waals surface area contributed by atoms with Crippen LogP contribution in [0.3, 0.4) is 0 Å². The molecule has 0 aliphatic carbocycles. The normalized spacial score (nSPS) is 28.7. The Morgan fingerprint density at radius 2 is 2.25 bits per heavy atom. The smallest absolute Gasteiger partial charge is 0.270 e. The zero-order valence-electron chi connectivity index (χ0n) is 11.2. The van der Waals surface area contributed by atoms with Crippen LogP contribution in [0.5, 0.6) is 0 Å². The number of aromatic nitrogens is 1. The molecule has 2 bridgehead atoms. The minimum Gasteiger partial charge on any atom is -0.346 e. The van der Waals surface area contributed by atoms with Crippen LogP contribution in [0.25, 0.3) is 10.1 Å². The van der Waals surface area contributed by atoms with Gasteiger partial charge >= 0.3 is 0 Å². The number of thiophene rings is 1. The van der Waals surface area contributed by atoms with Crippen LogP contribution in [-0.2, 0) is 0 Å². The predicted molar refractivity (Wildman–Crippen MR) is 80.0 cm³/mol. The van der Waals surface area contributed by atoms with E-state index in [2.05, 4.69) is 15.2 Å². The average molecular weight is 287 g/mol. The lowest BCUT2D eigenvalue weighted by molar-refractivity contribution is 0.0618. The number of nitrogens with zero attached hydrogens (tertiary/aromatic N) is 2. The summed E-state index contributed by atoms with van der Waals surface area (Å²) in [6, 6.07) is 4.23. The number of carbonyl (C=O) groups is 1. The lowest BCUT2D eigenvalue weighted by atomic mass is 9.84. The molecule has 3 fully saturated rings. The van der Waals surface area contributed by atoms with Crippen molar-refractivity contribution >= 4 is 27.3 Å². The van der Waals surface area contributed by atoms with Gasteiger partial charge in [0.1, 0.15) is 5.69 Å². The quantitative estimate of drug-likeness (QED) is 0.920. The molecule has 2 aromatic rings. The van der Waals surface area contributed by atoms with E-state index in [1.54, 1.807) is 17.5 Å². The second-order valence-corrected chi connectivity index (χ2v) is 6.69. The molecule has 3 aliphatic heterocycles. The van der Waals surface area contributed by atoms with E-state index in [1.165, 1.54) is 25.9 Å². The Kier molecular flexibility index (Phi) is 2.97. The largest absolute Gasteiger partial charge is 0.346 e. The number of hydrogen-bond donors (Lipinski definition) is 1. The molecule has 3 aliphatic rings. The standard InChI is InChI=1S/C15H17N3OS/c19-15(12-7-14-11(8-16-12)3-6-20-14)17-13-9-18-4-1-10(13)2-5-18/h3,6-8,10,13H,1-2,4-5,9H2,(H,17,19)/t13-/m1/s1. The summed E-state index contributed by atoms with van der Waals surface area (Å²) >= 11 is 1.65. The predicted octanol–water partition coefficient (Wildman–Crippen LogP) is 2.12. The summed E-state index contributed by atoms with van der Waals surface area (Å²) < 4.78 is 1.12. The molecule has 0 spiro atoms. The summed E-state index contributed by atoms with van der Waals surface area (Å²) in [5.41, 5.74) is 0.538. The van der Waals surface area contributed by atoms with Crippen molar-refractivity contribution in [2.24, 2.45) is 5.92 Å². The molecule has 1 atom stereocenters. The van der Waals surface area contributed by atoms with Gasteiger partial charge in [0.15, 0.2) is 0 Å². The first-order chi connectivity index (χ1) is 9.79. The van der Waals surface area contributed by atoms with Crippen LogP contribution < -0.4 is 5.32 Å². The van der Waals surface area contributed by atoms with E-state index in [4.69, 9.17) is 0 Å². The number of piperidine rings is 3. The molecule has 5 heterocycles. The maximum Gasteiger partial charge on any atom is 0.270 e. The maximum absolute atomic E-state index is 12.4. The molecule has 104 valence electrons. The molecular weight excluding hydrogens is 270 g/mol. The fourth-order valence-electron chi connectivity index (χ4n) is 3.35. The number of pyridine rings is 1. The minimum absolute atomic E-state index is 0.0287.